The maximum atomic E-state index is 9.26. The molecule has 2 atom stereocenters. The van der Waals surface area contributed by atoms with Crippen LogP contribution in [0.25, 0.3) is 11.4 Å². The zero-order chi connectivity index (χ0) is 13.2. The number of phenolic OH excluding ortho intramolecular Hbond substituents is 1. The molecule has 0 bridgehead atoms. The van der Waals surface area contributed by atoms with Crippen LogP contribution >= 0.6 is 0 Å². The second-order valence-electron chi connectivity index (χ2n) is 5.13. The summed E-state index contributed by atoms with van der Waals surface area (Å²) in [6.45, 7) is 0. The van der Waals surface area contributed by atoms with Crippen LogP contribution in [0.2, 0.25) is 0 Å². The molecule has 100 valence electrons. The van der Waals surface area contributed by atoms with E-state index in [2.05, 4.69) is 10.1 Å². The van der Waals surface area contributed by atoms with Gasteiger partial charge < -0.3 is 15.4 Å². The van der Waals surface area contributed by atoms with Crippen molar-refractivity contribution < 1.29 is 9.63 Å². The van der Waals surface area contributed by atoms with Gasteiger partial charge in [-0.05, 0) is 43.5 Å². The number of aromatic hydroxyl groups is 1. The fraction of sp³-hybridized carbons (Fsp3) is 0.429. The molecule has 19 heavy (non-hydrogen) atoms. The van der Waals surface area contributed by atoms with Gasteiger partial charge in [0.15, 0.2) is 0 Å². The summed E-state index contributed by atoms with van der Waals surface area (Å²) in [5.41, 5.74) is 6.82. The first kappa shape index (κ1) is 12.2. The van der Waals surface area contributed by atoms with Gasteiger partial charge in [-0.25, -0.2) is 0 Å². The van der Waals surface area contributed by atoms with E-state index in [-0.39, 0.29) is 17.7 Å². The van der Waals surface area contributed by atoms with Crippen LogP contribution < -0.4 is 5.73 Å². The summed E-state index contributed by atoms with van der Waals surface area (Å²) in [5.74, 6) is 1.75. The predicted octanol–water partition coefficient (Wildman–Crippen LogP) is 2.43. The van der Waals surface area contributed by atoms with Crippen LogP contribution in [0, 0.1) is 0 Å². The molecule has 1 heterocycles. The monoisotopic (exact) mass is 259 g/mol. The third kappa shape index (κ3) is 2.61. The van der Waals surface area contributed by atoms with Gasteiger partial charge in [-0.1, -0.05) is 11.6 Å². The van der Waals surface area contributed by atoms with Crippen molar-refractivity contribution in [1.82, 2.24) is 10.1 Å². The molecule has 0 amide bonds. The average molecular weight is 259 g/mol. The molecule has 1 aliphatic carbocycles. The number of rotatable bonds is 2. The highest BCUT2D eigenvalue weighted by Gasteiger charge is 2.25. The van der Waals surface area contributed by atoms with Crippen molar-refractivity contribution >= 4 is 0 Å². The Kier molecular flexibility index (Phi) is 3.21. The molecule has 3 N–H and O–H groups in total. The topological polar surface area (TPSA) is 85.2 Å². The molecule has 3 rings (SSSR count). The molecule has 5 heteroatoms. The van der Waals surface area contributed by atoms with Crippen LogP contribution in [0.1, 0.15) is 37.5 Å². The van der Waals surface area contributed by atoms with Gasteiger partial charge in [-0.15, -0.1) is 0 Å². The molecule has 0 radical (unpaired) electrons. The minimum atomic E-state index is 0.228. The molecule has 5 nitrogen and oxygen atoms in total. The largest absolute Gasteiger partial charge is 0.508 e. The van der Waals surface area contributed by atoms with E-state index < -0.39 is 0 Å². The van der Waals surface area contributed by atoms with Gasteiger partial charge in [0.25, 0.3) is 0 Å². The Labute approximate surface area is 111 Å². The number of nitrogens with two attached hydrogens (primary N) is 1. The number of nitrogens with zero attached hydrogens (tertiary/aromatic N) is 2. The molecule has 1 saturated carbocycles. The molecule has 2 aromatic rings. The summed E-state index contributed by atoms with van der Waals surface area (Å²) >= 11 is 0. The van der Waals surface area contributed by atoms with Crippen molar-refractivity contribution in [1.29, 1.82) is 0 Å². The Morgan fingerprint density at radius 3 is 2.74 bits per heavy atom. The van der Waals surface area contributed by atoms with Crippen LogP contribution in [0.4, 0.5) is 0 Å². The van der Waals surface area contributed by atoms with Crippen molar-refractivity contribution in [3.05, 3.63) is 30.2 Å². The molecule has 1 fully saturated rings. The van der Waals surface area contributed by atoms with E-state index in [0.29, 0.717) is 11.7 Å². The van der Waals surface area contributed by atoms with E-state index in [0.717, 1.165) is 31.2 Å². The van der Waals surface area contributed by atoms with Gasteiger partial charge in [0.1, 0.15) is 5.75 Å². The summed E-state index contributed by atoms with van der Waals surface area (Å²) in [5, 5.41) is 13.3. The SMILES string of the molecule is NC1CCCC(c2nc(-c3ccc(O)cc3)no2)C1. The molecule has 1 aromatic heterocycles. The minimum absolute atomic E-state index is 0.228. The van der Waals surface area contributed by atoms with Gasteiger partial charge in [0.05, 0.1) is 0 Å². The summed E-state index contributed by atoms with van der Waals surface area (Å²) in [6.07, 6.45) is 4.17. The zero-order valence-corrected chi connectivity index (χ0v) is 10.6. The van der Waals surface area contributed by atoms with Crippen molar-refractivity contribution in [2.75, 3.05) is 0 Å². The third-order valence-electron chi connectivity index (χ3n) is 3.63. The van der Waals surface area contributed by atoms with Crippen LogP contribution in [0.3, 0.4) is 0 Å². The number of hydrogen-bond donors (Lipinski definition) is 2. The van der Waals surface area contributed by atoms with Crippen LogP contribution in [0.5, 0.6) is 5.75 Å². The summed E-state index contributed by atoms with van der Waals surface area (Å²) in [7, 11) is 0. The molecular weight excluding hydrogens is 242 g/mol. The first-order chi connectivity index (χ1) is 9.22. The Bertz CT molecular complexity index is 550. The van der Waals surface area contributed by atoms with Crippen molar-refractivity contribution in [3.63, 3.8) is 0 Å². The first-order valence-electron chi connectivity index (χ1n) is 6.61. The fourth-order valence-electron chi connectivity index (χ4n) is 2.58. The second kappa shape index (κ2) is 5.01. The van der Waals surface area contributed by atoms with Crippen molar-refractivity contribution in [3.8, 4) is 17.1 Å². The summed E-state index contributed by atoms with van der Waals surface area (Å²) < 4.78 is 5.36. The highest BCUT2D eigenvalue weighted by molar-refractivity contribution is 5.55. The Balaban J connectivity index is 1.81. The van der Waals surface area contributed by atoms with Gasteiger partial charge >= 0.3 is 0 Å². The quantitative estimate of drug-likeness (QED) is 0.865. The van der Waals surface area contributed by atoms with Gasteiger partial charge in [0.2, 0.25) is 11.7 Å². The molecule has 0 spiro atoms. The van der Waals surface area contributed by atoms with Gasteiger partial charge in [-0.2, -0.15) is 4.98 Å². The Hall–Kier alpha value is -1.88. The van der Waals surface area contributed by atoms with Gasteiger partial charge in [0, 0.05) is 17.5 Å². The smallest absolute Gasteiger partial charge is 0.230 e. The average Bonchev–Trinajstić information content (AvgIpc) is 2.89. The number of benzene rings is 1. The zero-order valence-electron chi connectivity index (χ0n) is 10.6. The van der Waals surface area contributed by atoms with Crippen molar-refractivity contribution in [2.24, 2.45) is 5.73 Å². The first-order valence-corrected chi connectivity index (χ1v) is 6.61. The van der Waals surface area contributed by atoms with Crippen LogP contribution in [0.15, 0.2) is 28.8 Å². The lowest BCUT2D eigenvalue weighted by Crippen LogP contribution is -2.26. The highest BCUT2D eigenvalue weighted by Crippen LogP contribution is 2.32. The molecule has 1 aromatic carbocycles. The Morgan fingerprint density at radius 1 is 1.21 bits per heavy atom. The molecule has 0 aliphatic heterocycles. The lowest BCUT2D eigenvalue weighted by molar-refractivity contribution is 0.299. The third-order valence-corrected chi connectivity index (χ3v) is 3.63. The standard InChI is InChI=1S/C14H17N3O2/c15-11-3-1-2-10(8-11)14-16-13(17-19-14)9-4-6-12(18)7-5-9/h4-7,10-11,18H,1-3,8,15H2. The van der Waals surface area contributed by atoms with Gasteiger partial charge in [-0.3, -0.25) is 0 Å². The van der Waals surface area contributed by atoms with Crippen LogP contribution in [-0.2, 0) is 0 Å². The minimum Gasteiger partial charge on any atom is -0.508 e. The fourth-order valence-corrected chi connectivity index (χ4v) is 2.58. The molecular formula is C14H17N3O2. The predicted molar refractivity (Wildman–Crippen MR) is 70.6 cm³/mol. The van der Waals surface area contributed by atoms with E-state index in [9.17, 15) is 5.11 Å². The lowest BCUT2D eigenvalue weighted by atomic mass is 9.86. The second-order valence-corrected chi connectivity index (χ2v) is 5.13. The molecule has 0 saturated heterocycles. The number of hydrogen-bond acceptors (Lipinski definition) is 5. The van der Waals surface area contributed by atoms with E-state index in [1.54, 1.807) is 24.3 Å². The molecule has 1 aliphatic rings. The maximum absolute atomic E-state index is 9.26. The van der Waals surface area contributed by atoms with E-state index in [4.69, 9.17) is 10.3 Å². The van der Waals surface area contributed by atoms with E-state index >= 15 is 0 Å². The number of aromatic nitrogens is 2. The van der Waals surface area contributed by atoms with Crippen LogP contribution in [-0.4, -0.2) is 21.3 Å². The normalized spacial score (nSPS) is 23.4. The van der Waals surface area contributed by atoms with E-state index in [1.807, 2.05) is 0 Å². The lowest BCUT2D eigenvalue weighted by Gasteiger charge is -2.23. The Morgan fingerprint density at radius 2 is 2.00 bits per heavy atom. The number of phenols is 1. The van der Waals surface area contributed by atoms with Crippen molar-refractivity contribution in [2.45, 2.75) is 37.6 Å². The summed E-state index contributed by atoms with van der Waals surface area (Å²) in [4.78, 5) is 4.45. The maximum Gasteiger partial charge on any atom is 0.230 e. The molecule has 2 unspecified atom stereocenters. The highest BCUT2D eigenvalue weighted by atomic mass is 16.5. The van der Waals surface area contributed by atoms with E-state index in [1.165, 1.54) is 0 Å². The summed E-state index contributed by atoms with van der Waals surface area (Å²) in [6, 6.07) is 7.01.